The smallest absolute Gasteiger partial charge is 0.243 e. The average Bonchev–Trinajstić information content (AvgIpc) is 2.93. The van der Waals surface area contributed by atoms with Gasteiger partial charge < -0.3 is 4.57 Å². The molecule has 1 heterocycles. The number of benzene rings is 1. The molecule has 1 N–H and O–H groups in total. The van der Waals surface area contributed by atoms with Crippen molar-refractivity contribution in [2.45, 2.75) is 37.1 Å². The number of aryl methyl sites for hydroxylation is 1. The minimum absolute atomic E-state index is 0.0296. The van der Waals surface area contributed by atoms with Crippen LogP contribution in [0, 0.1) is 6.92 Å². The molecule has 0 amide bonds. The molecule has 2 rings (SSSR count). The van der Waals surface area contributed by atoms with Gasteiger partial charge in [0.05, 0.1) is 16.3 Å². The fourth-order valence-electron chi connectivity index (χ4n) is 2.60. The Balaban J connectivity index is 2.20. The topological polar surface area (TPSA) is 88.5 Å². The highest BCUT2D eigenvalue weighted by Gasteiger charge is 2.22. The van der Waals surface area contributed by atoms with E-state index in [0.29, 0.717) is 13.1 Å². The van der Waals surface area contributed by atoms with Gasteiger partial charge in [-0.3, -0.25) is 0 Å². The third-order valence-corrected chi connectivity index (χ3v) is 7.88. The van der Waals surface area contributed by atoms with Crippen molar-refractivity contribution in [2.75, 3.05) is 13.1 Å². The molecule has 7 nitrogen and oxygen atoms in total. The minimum Gasteiger partial charge on any atom is -0.351 e. The van der Waals surface area contributed by atoms with E-state index in [4.69, 9.17) is 0 Å². The summed E-state index contributed by atoms with van der Waals surface area (Å²) in [4.78, 5) is 0.111. The lowest BCUT2D eigenvalue weighted by atomic mass is 10.4. The first-order chi connectivity index (χ1) is 12.1. The molecule has 0 unspecified atom stereocenters. The standard InChI is InChI=1S/C17H25N3O4S2/c1-5-20(6-2)26(23,24)17-11-9-16(10-12-17)25(21,22)18-13-15-8-7-14(3)19(15)4/h7-12,18H,5-6,13H2,1-4H3. The number of aromatic nitrogens is 1. The van der Waals surface area contributed by atoms with Gasteiger partial charge in [-0.2, -0.15) is 4.31 Å². The first-order valence-corrected chi connectivity index (χ1v) is 11.3. The SMILES string of the molecule is CCN(CC)S(=O)(=O)c1ccc(S(=O)(=O)NCc2ccc(C)n2C)cc1. The Bertz CT molecular complexity index is 958. The maximum absolute atomic E-state index is 12.5. The van der Waals surface area contributed by atoms with Gasteiger partial charge in [0.25, 0.3) is 0 Å². The molecule has 2 aromatic rings. The molecule has 1 aromatic carbocycles. The van der Waals surface area contributed by atoms with Gasteiger partial charge in [0.15, 0.2) is 0 Å². The Hall–Kier alpha value is -1.68. The molecule has 0 bridgehead atoms. The summed E-state index contributed by atoms with van der Waals surface area (Å²) in [7, 11) is -5.47. The van der Waals surface area contributed by atoms with Crippen LogP contribution < -0.4 is 4.72 Å². The van der Waals surface area contributed by atoms with Crippen molar-refractivity contribution in [3.63, 3.8) is 0 Å². The van der Waals surface area contributed by atoms with Crippen LogP contribution in [0.3, 0.4) is 0 Å². The van der Waals surface area contributed by atoms with Crippen LogP contribution in [-0.2, 0) is 33.6 Å². The molecule has 0 aliphatic carbocycles. The van der Waals surface area contributed by atoms with Crippen molar-refractivity contribution < 1.29 is 16.8 Å². The van der Waals surface area contributed by atoms with Crippen LogP contribution in [0.1, 0.15) is 25.2 Å². The highest BCUT2D eigenvalue weighted by Crippen LogP contribution is 2.18. The van der Waals surface area contributed by atoms with Crippen molar-refractivity contribution in [3.05, 3.63) is 47.8 Å². The second-order valence-corrected chi connectivity index (χ2v) is 9.62. The second kappa shape index (κ2) is 7.91. The summed E-state index contributed by atoms with van der Waals surface area (Å²) in [6.45, 7) is 6.33. The van der Waals surface area contributed by atoms with Gasteiger partial charge in [0, 0.05) is 31.5 Å². The van der Waals surface area contributed by atoms with Crippen LogP contribution in [0.4, 0.5) is 0 Å². The van der Waals surface area contributed by atoms with Crippen LogP contribution in [0.2, 0.25) is 0 Å². The van der Waals surface area contributed by atoms with Gasteiger partial charge in [0.2, 0.25) is 20.0 Å². The first-order valence-electron chi connectivity index (χ1n) is 8.34. The maximum Gasteiger partial charge on any atom is 0.243 e. The normalized spacial score (nSPS) is 12.7. The van der Waals surface area contributed by atoms with Crippen molar-refractivity contribution in [2.24, 2.45) is 7.05 Å². The van der Waals surface area contributed by atoms with E-state index in [9.17, 15) is 16.8 Å². The van der Waals surface area contributed by atoms with Gasteiger partial charge in [-0.25, -0.2) is 21.6 Å². The molecule has 0 spiro atoms. The Morgan fingerprint density at radius 3 is 1.92 bits per heavy atom. The van der Waals surface area contributed by atoms with Crippen molar-refractivity contribution in [1.82, 2.24) is 13.6 Å². The molecule has 26 heavy (non-hydrogen) atoms. The zero-order valence-electron chi connectivity index (χ0n) is 15.4. The summed E-state index contributed by atoms with van der Waals surface area (Å²) >= 11 is 0. The summed E-state index contributed by atoms with van der Waals surface area (Å²) in [6.07, 6.45) is 0. The zero-order chi connectivity index (χ0) is 19.5. The molecule has 0 saturated heterocycles. The number of sulfonamides is 2. The van der Waals surface area contributed by atoms with Crippen LogP contribution >= 0.6 is 0 Å². The molecule has 0 aliphatic heterocycles. The minimum atomic E-state index is -3.73. The molecular weight excluding hydrogens is 374 g/mol. The van der Waals surface area contributed by atoms with Gasteiger partial charge in [-0.15, -0.1) is 0 Å². The first kappa shape index (κ1) is 20.6. The van der Waals surface area contributed by atoms with Gasteiger partial charge in [0.1, 0.15) is 0 Å². The molecule has 0 aliphatic rings. The van der Waals surface area contributed by atoms with Crippen LogP contribution in [0.5, 0.6) is 0 Å². The summed E-state index contributed by atoms with van der Waals surface area (Å²) in [5.74, 6) is 0. The average molecular weight is 400 g/mol. The number of hydrogen-bond acceptors (Lipinski definition) is 4. The molecular formula is C17H25N3O4S2. The molecule has 0 radical (unpaired) electrons. The third kappa shape index (κ3) is 4.17. The summed E-state index contributed by atoms with van der Waals surface area (Å²) in [5, 5.41) is 0. The Kier molecular flexibility index (Phi) is 6.28. The number of nitrogens with zero attached hydrogens (tertiary/aromatic N) is 2. The lowest BCUT2D eigenvalue weighted by Gasteiger charge is -2.18. The Morgan fingerprint density at radius 1 is 0.923 bits per heavy atom. The third-order valence-electron chi connectivity index (χ3n) is 4.40. The summed E-state index contributed by atoms with van der Waals surface area (Å²) in [6, 6.07) is 9.06. The monoisotopic (exact) mass is 399 g/mol. The maximum atomic E-state index is 12.5. The van der Waals surface area contributed by atoms with Gasteiger partial charge in [-0.1, -0.05) is 13.8 Å². The van der Waals surface area contributed by atoms with E-state index in [1.807, 2.05) is 30.7 Å². The van der Waals surface area contributed by atoms with Gasteiger partial charge in [-0.05, 0) is 43.3 Å². The molecule has 1 aromatic heterocycles. The largest absolute Gasteiger partial charge is 0.351 e. The number of nitrogens with one attached hydrogen (secondary N) is 1. The molecule has 0 atom stereocenters. The predicted octanol–water partition coefficient (Wildman–Crippen LogP) is 1.84. The zero-order valence-corrected chi connectivity index (χ0v) is 17.1. The summed E-state index contributed by atoms with van der Waals surface area (Å²) < 4.78 is 55.6. The van der Waals surface area contributed by atoms with E-state index in [-0.39, 0.29) is 16.3 Å². The van der Waals surface area contributed by atoms with E-state index in [1.165, 1.54) is 28.6 Å². The highest BCUT2D eigenvalue weighted by atomic mass is 32.2. The Morgan fingerprint density at radius 2 is 1.46 bits per heavy atom. The quantitative estimate of drug-likeness (QED) is 0.734. The summed E-state index contributed by atoms with van der Waals surface area (Å²) in [5.41, 5.74) is 1.87. The highest BCUT2D eigenvalue weighted by molar-refractivity contribution is 7.89. The second-order valence-electron chi connectivity index (χ2n) is 5.91. The lowest BCUT2D eigenvalue weighted by molar-refractivity contribution is 0.445. The Labute approximate surface area is 155 Å². The van der Waals surface area contributed by atoms with Crippen molar-refractivity contribution >= 4 is 20.0 Å². The van der Waals surface area contributed by atoms with E-state index >= 15 is 0 Å². The van der Waals surface area contributed by atoms with E-state index in [0.717, 1.165) is 11.4 Å². The fraction of sp³-hybridized carbons (Fsp3) is 0.412. The van der Waals surface area contributed by atoms with Crippen LogP contribution in [-0.4, -0.2) is 38.8 Å². The number of hydrogen-bond donors (Lipinski definition) is 1. The van der Waals surface area contributed by atoms with Crippen LogP contribution in [0.25, 0.3) is 0 Å². The van der Waals surface area contributed by atoms with Crippen LogP contribution in [0.15, 0.2) is 46.2 Å². The fourth-order valence-corrected chi connectivity index (χ4v) is 5.06. The number of rotatable bonds is 8. The van der Waals surface area contributed by atoms with E-state index in [1.54, 1.807) is 13.8 Å². The molecule has 9 heteroatoms. The van der Waals surface area contributed by atoms with E-state index < -0.39 is 20.0 Å². The predicted molar refractivity (Wildman–Crippen MR) is 101 cm³/mol. The van der Waals surface area contributed by atoms with Crippen molar-refractivity contribution in [3.8, 4) is 0 Å². The van der Waals surface area contributed by atoms with E-state index in [2.05, 4.69) is 4.72 Å². The van der Waals surface area contributed by atoms with Gasteiger partial charge >= 0.3 is 0 Å². The molecule has 0 fully saturated rings. The molecule has 0 saturated carbocycles. The lowest BCUT2D eigenvalue weighted by Crippen LogP contribution is -2.30. The van der Waals surface area contributed by atoms with Crippen molar-refractivity contribution in [1.29, 1.82) is 0 Å². The molecule has 144 valence electrons.